The average Bonchev–Trinajstić information content (AvgIpc) is 2.26. The van der Waals surface area contributed by atoms with Crippen LogP contribution in [0.4, 0.5) is 17.6 Å². The van der Waals surface area contributed by atoms with Crippen molar-refractivity contribution in [3.8, 4) is 0 Å². The molecule has 5 nitrogen and oxygen atoms in total. The Kier molecular flexibility index (Phi) is 4.55. The van der Waals surface area contributed by atoms with E-state index in [1.54, 1.807) is 0 Å². The molecule has 0 radical (unpaired) electrons. The maximum atomic E-state index is 5.86. The fourth-order valence-corrected chi connectivity index (χ4v) is 2.35. The van der Waals surface area contributed by atoms with E-state index < -0.39 is 0 Å². The number of benzene rings is 1. The predicted molar refractivity (Wildman–Crippen MR) is 81.2 cm³/mol. The van der Waals surface area contributed by atoms with Crippen LogP contribution in [0.15, 0.2) is 22.7 Å². The summed E-state index contributed by atoms with van der Waals surface area (Å²) in [4.78, 5) is 12.3. The van der Waals surface area contributed by atoms with Gasteiger partial charge in [-0.1, -0.05) is 15.9 Å². The summed E-state index contributed by atoms with van der Waals surface area (Å²) in [6, 6.07) is 5.96. The first-order valence-electron chi connectivity index (χ1n) is 5.76. The molecule has 0 atom stereocenters. The molecule has 0 amide bonds. The monoisotopic (exact) mass is 341 g/mol. The van der Waals surface area contributed by atoms with Gasteiger partial charge in [-0.3, -0.25) is 0 Å². The van der Waals surface area contributed by atoms with Crippen LogP contribution in [0.5, 0.6) is 0 Å². The van der Waals surface area contributed by atoms with Crippen LogP contribution < -0.4 is 10.6 Å². The highest BCUT2D eigenvalue weighted by Gasteiger charge is 2.05. The normalized spacial score (nSPS) is 10.3. The van der Waals surface area contributed by atoms with E-state index in [9.17, 15) is 0 Å². The minimum atomic E-state index is 0.153. The van der Waals surface area contributed by atoms with Gasteiger partial charge in [0.1, 0.15) is 0 Å². The van der Waals surface area contributed by atoms with Crippen LogP contribution in [0.1, 0.15) is 12.5 Å². The van der Waals surface area contributed by atoms with E-state index in [1.165, 1.54) is 0 Å². The summed E-state index contributed by atoms with van der Waals surface area (Å²) in [7, 11) is 0. The van der Waals surface area contributed by atoms with Gasteiger partial charge in [-0.05, 0) is 49.2 Å². The van der Waals surface area contributed by atoms with Gasteiger partial charge in [-0.25, -0.2) is 0 Å². The predicted octanol–water partition coefficient (Wildman–Crippen LogP) is 3.77. The number of hydrogen-bond donors (Lipinski definition) is 2. The molecule has 2 aromatic rings. The third kappa shape index (κ3) is 4.04. The fourth-order valence-electron chi connectivity index (χ4n) is 1.58. The van der Waals surface area contributed by atoms with Crippen LogP contribution in [0.2, 0.25) is 5.28 Å². The number of nitrogens with one attached hydrogen (secondary N) is 2. The van der Waals surface area contributed by atoms with E-state index in [-0.39, 0.29) is 5.28 Å². The van der Waals surface area contributed by atoms with Crippen molar-refractivity contribution < 1.29 is 0 Å². The van der Waals surface area contributed by atoms with E-state index in [0.29, 0.717) is 11.9 Å². The van der Waals surface area contributed by atoms with Crippen molar-refractivity contribution >= 4 is 45.1 Å². The Bertz CT molecular complexity index is 570. The molecule has 0 saturated heterocycles. The summed E-state index contributed by atoms with van der Waals surface area (Å²) in [6.45, 7) is 4.69. The Labute approximate surface area is 125 Å². The van der Waals surface area contributed by atoms with Gasteiger partial charge >= 0.3 is 0 Å². The zero-order valence-corrected chi connectivity index (χ0v) is 12.9. The molecule has 100 valence electrons. The third-order valence-electron chi connectivity index (χ3n) is 2.24. The van der Waals surface area contributed by atoms with Crippen LogP contribution in [0.25, 0.3) is 0 Å². The van der Waals surface area contributed by atoms with E-state index >= 15 is 0 Å². The Morgan fingerprint density at radius 1 is 1.16 bits per heavy atom. The average molecular weight is 343 g/mol. The standard InChI is InChI=1S/C12H13BrClN5/c1-3-15-11-17-10(14)18-12(19-11)16-9-5-7(2)4-8(13)6-9/h4-6H,3H2,1-2H3,(H2,15,16,17,18,19). The summed E-state index contributed by atoms with van der Waals surface area (Å²) in [5.74, 6) is 0.866. The van der Waals surface area contributed by atoms with E-state index in [2.05, 4.69) is 41.5 Å². The summed E-state index contributed by atoms with van der Waals surface area (Å²) in [5.41, 5.74) is 2.01. The molecule has 0 fully saturated rings. The van der Waals surface area contributed by atoms with Crippen molar-refractivity contribution in [3.63, 3.8) is 0 Å². The third-order valence-corrected chi connectivity index (χ3v) is 2.87. The van der Waals surface area contributed by atoms with Crippen LogP contribution in [0.3, 0.4) is 0 Å². The molecule has 1 aromatic heterocycles. The summed E-state index contributed by atoms with van der Waals surface area (Å²) < 4.78 is 0.988. The molecule has 0 bridgehead atoms. The van der Waals surface area contributed by atoms with Gasteiger partial charge in [0.2, 0.25) is 17.2 Å². The lowest BCUT2D eigenvalue weighted by Crippen LogP contribution is -2.06. The first-order valence-corrected chi connectivity index (χ1v) is 6.93. The first-order chi connectivity index (χ1) is 9.06. The van der Waals surface area contributed by atoms with Crippen molar-refractivity contribution in [2.45, 2.75) is 13.8 Å². The van der Waals surface area contributed by atoms with Gasteiger partial charge in [0, 0.05) is 16.7 Å². The smallest absolute Gasteiger partial charge is 0.233 e. The van der Waals surface area contributed by atoms with Crippen LogP contribution in [-0.4, -0.2) is 21.5 Å². The van der Waals surface area contributed by atoms with Gasteiger partial charge < -0.3 is 10.6 Å². The number of hydrogen-bond acceptors (Lipinski definition) is 5. The van der Waals surface area contributed by atoms with Crippen LogP contribution in [0, 0.1) is 6.92 Å². The van der Waals surface area contributed by atoms with E-state index in [0.717, 1.165) is 22.3 Å². The summed E-state index contributed by atoms with van der Waals surface area (Å²) >= 11 is 9.31. The Morgan fingerprint density at radius 2 is 1.89 bits per heavy atom. The van der Waals surface area contributed by atoms with Crippen molar-refractivity contribution in [1.82, 2.24) is 15.0 Å². The topological polar surface area (TPSA) is 62.7 Å². The van der Waals surface area contributed by atoms with E-state index in [4.69, 9.17) is 11.6 Å². The first kappa shape index (κ1) is 14.0. The lowest BCUT2D eigenvalue weighted by molar-refractivity contribution is 1.02. The number of aryl methyl sites for hydroxylation is 1. The zero-order valence-electron chi connectivity index (χ0n) is 10.5. The highest BCUT2D eigenvalue weighted by molar-refractivity contribution is 9.10. The second kappa shape index (κ2) is 6.16. The highest BCUT2D eigenvalue weighted by Crippen LogP contribution is 2.22. The molecule has 0 unspecified atom stereocenters. The lowest BCUT2D eigenvalue weighted by atomic mass is 10.2. The van der Waals surface area contributed by atoms with Crippen LogP contribution >= 0.6 is 27.5 Å². The molecule has 0 saturated carbocycles. The SMILES string of the molecule is CCNc1nc(Cl)nc(Nc2cc(C)cc(Br)c2)n1. The number of nitrogens with zero attached hydrogens (tertiary/aromatic N) is 3. The Hall–Kier alpha value is -1.40. The molecule has 1 heterocycles. The molecule has 19 heavy (non-hydrogen) atoms. The zero-order chi connectivity index (χ0) is 13.8. The lowest BCUT2D eigenvalue weighted by Gasteiger charge is -2.08. The molecule has 1 aromatic carbocycles. The highest BCUT2D eigenvalue weighted by atomic mass is 79.9. The summed E-state index contributed by atoms with van der Waals surface area (Å²) in [6.07, 6.45) is 0. The quantitative estimate of drug-likeness (QED) is 0.885. The van der Waals surface area contributed by atoms with Crippen molar-refractivity contribution in [2.75, 3.05) is 17.2 Å². The van der Waals surface area contributed by atoms with Crippen molar-refractivity contribution in [2.24, 2.45) is 0 Å². The molecule has 2 rings (SSSR count). The minimum absolute atomic E-state index is 0.153. The fraction of sp³-hybridized carbons (Fsp3) is 0.250. The van der Waals surface area contributed by atoms with Gasteiger partial charge in [0.25, 0.3) is 0 Å². The van der Waals surface area contributed by atoms with Gasteiger partial charge in [-0.2, -0.15) is 15.0 Å². The van der Waals surface area contributed by atoms with Gasteiger partial charge in [0.05, 0.1) is 0 Å². The minimum Gasteiger partial charge on any atom is -0.354 e. The Balaban J connectivity index is 2.27. The number of anilines is 3. The maximum Gasteiger partial charge on any atom is 0.233 e. The maximum absolute atomic E-state index is 5.86. The summed E-state index contributed by atoms with van der Waals surface area (Å²) in [5, 5.41) is 6.26. The van der Waals surface area contributed by atoms with Gasteiger partial charge in [0.15, 0.2) is 0 Å². The Morgan fingerprint density at radius 3 is 2.58 bits per heavy atom. The number of aromatic nitrogens is 3. The number of halogens is 2. The van der Waals surface area contributed by atoms with Gasteiger partial charge in [-0.15, -0.1) is 0 Å². The molecule has 2 N–H and O–H groups in total. The van der Waals surface area contributed by atoms with E-state index in [1.807, 2.05) is 32.0 Å². The van der Waals surface area contributed by atoms with Crippen LogP contribution in [-0.2, 0) is 0 Å². The molecule has 0 aliphatic heterocycles. The molecule has 0 aliphatic carbocycles. The molecule has 7 heteroatoms. The van der Waals surface area contributed by atoms with Crippen molar-refractivity contribution in [1.29, 1.82) is 0 Å². The molecule has 0 aliphatic rings. The van der Waals surface area contributed by atoms with Crippen molar-refractivity contribution in [3.05, 3.63) is 33.5 Å². The number of rotatable bonds is 4. The second-order valence-electron chi connectivity index (χ2n) is 3.92. The second-order valence-corrected chi connectivity index (χ2v) is 5.18. The molecular weight excluding hydrogens is 330 g/mol. The molecular formula is C12H13BrClN5. The largest absolute Gasteiger partial charge is 0.354 e. The molecule has 0 spiro atoms.